The maximum absolute atomic E-state index is 10.5. The van der Waals surface area contributed by atoms with E-state index in [0.717, 1.165) is 22.7 Å². The molecule has 4 nitrogen and oxygen atoms in total. The summed E-state index contributed by atoms with van der Waals surface area (Å²) in [4.78, 5) is 14.5. The molecule has 0 bridgehead atoms. The van der Waals surface area contributed by atoms with E-state index in [-0.39, 0.29) is 5.69 Å². The van der Waals surface area contributed by atoms with E-state index < -0.39 is 4.92 Å². The standard InChI is InChI=1S/C11H10N2O2S/c1-2-9-7-16-11(12-9)8-3-5-10(6-4-8)13(14)15/h3-7H,2H2,1H3. The van der Waals surface area contributed by atoms with E-state index in [1.165, 1.54) is 12.1 Å². The fraction of sp³-hybridized carbons (Fsp3) is 0.182. The van der Waals surface area contributed by atoms with Crippen molar-refractivity contribution in [2.45, 2.75) is 13.3 Å². The fourth-order valence-electron chi connectivity index (χ4n) is 1.33. The number of nitro groups is 1. The van der Waals surface area contributed by atoms with E-state index in [1.807, 2.05) is 5.38 Å². The Hall–Kier alpha value is -1.75. The van der Waals surface area contributed by atoms with Crippen molar-refractivity contribution in [2.75, 3.05) is 0 Å². The van der Waals surface area contributed by atoms with Gasteiger partial charge in [-0.15, -0.1) is 11.3 Å². The second kappa shape index (κ2) is 4.40. The Bertz CT molecular complexity index is 505. The number of hydrogen-bond donors (Lipinski definition) is 0. The minimum atomic E-state index is -0.400. The Morgan fingerprint density at radius 1 is 1.38 bits per heavy atom. The summed E-state index contributed by atoms with van der Waals surface area (Å²) < 4.78 is 0. The molecule has 0 aliphatic carbocycles. The quantitative estimate of drug-likeness (QED) is 0.605. The van der Waals surface area contributed by atoms with Crippen LogP contribution >= 0.6 is 11.3 Å². The monoisotopic (exact) mass is 234 g/mol. The van der Waals surface area contributed by atoms with Crippen molar-refractivity contribution >= 4 is 17.0 Å². The molecule has 0 unspecified atom stereocenters. The Labute approximate surface area is 96.7 Å². The van der Waals surface area contributed by atoms with E-state index in [9.17, 15) is 10.1 Å². The van der Waals surface area contributed by atoms with Gasteiger partial charge in [0.2, 0.25) is 0 Å². The molecule has 0 amide bonds. The molecule has 0 aliphatic heterocycles. The number of thiazole rings is 1. The second-order valence-electron chi connectivity index (χ2n) is 3.30. The van der Waals surface area contributed by atoms with Crippen molar-refractivity contribution in [2.24, 2.45) is 0 Å². The third-order valence-electron chi connectivity index (χ3n) is 2.24. The molecule has 1 aromatic heterocycles. The average molecular weight is 234 g/mol. The van der Waals surface area contributed by atoms with Crippen molar-refractivity contribution in [3.05, 3.63) is 45.5 Å². The minimum absolute atomic E-state index is 0.107. The van der Waals surface area contributed by atoms with Crippen LogP contribution in [0.15, 0.2) is 29.6 Å². The third-order valence-corrected chi connectivity index (χ3v) is 3.18. The molecule has 1 aromatic carbocycles. The summed E-state index contributed by atoms with van der Waals surface area (Å²) in [6.07, 6.45) is 0.906. The van der Waals surface area contributed by atoms with Gasteiger partial charge in [0.05, 0.1) is 10.6 Å². The highest BCUT2D eigenvalue weighted by Gasteiger charge is 2.07. The molecule has 5 heteroatoms. The Kier molecular flexibility index (Phi) is 2.96. The predicted molar refractivity (Wildman–Crippen MR) is 63.6 cm³/mol. The number of non-ortho nitro benzene ring substituents is 1. The smallest absolute Gasteiger partial charge is 0.258 e. The molecule has 0 spiro atoms. The van der Waals surface area contributed by atoms with Gasteiger partial charge < -0.3 is 0 Å². The number of hydrogen-bond acceptors (Lipinski definition) is 4. The van der Waals surface area contributed by atoms with Crippen molar-refractivity contribution < 1.29 is 4.92 Å². The Morgan fingerprint density at radius 3 is 2.56 bits per heavy atom. The van der Waals surface area contributed by atoms with Gasteiger partial charge in [0.25, 0.3) is 5.69 Å². The van der Waals surface area contributed by atoms with Crippen LogP contribution in [0.1, 0.15) is 12.6 Å². The van der Waals surface area contributed by atoms with Gasteiger partial charge in [-0.05, 0) is 18.6 Å². The number of benzene rings is 1. The molecule has 1 heterocycles. The van der Waals surface area contributed by atoms with Crippen LogP contribution in [-0.4, -0.2) is 9.91 Å². The number of rotatable bonds is 3. The molecule has 82 valence electrons. The summed E-state index contributed by atoms with van der Waals surface area (Å²) in [5.41, 5.74) is 2.09. The van der Waals surface area contributed by atoms with Crippen LogP contribution < -0.4 is 0 Å². The zero-order valence-corrected chi connectivity index (χ0v) is 9.53. The maximum atomic E-state index is 10.5. The first-order chi connectivity index (χ1) is 7.70. The SMILES string of the molecule is CCc1csc(-c2ccc([N+](=O)[O-])cc2)n1. The predicted octanol–water partition coefficient (Wildman–Crippen LogP) is 3.28. The van der Waals surface area contributed by atoms with Crippen LogP contribution in [0.3, 0.4) is 0 Å². The Balaban J connectivity index is 2.30. The average Bonchev–Trinajstić information content (AvgIpc) is 2.77. The van der Waals surface area contributed by atoms with Crippen molar-refractivity contribution in [3.8, 4) is 10.6 Å². The van der Waals surface area contributed by atoms with Gasteiger partial charge in [-0.1, -0.05) is 6.92 Å². The van der Waals surface area contributed by atoms with Gasteiger partial charge >= 0.3 is 0 Å². The van der Waals surface area contributed by atoms with Gasteiger partial charge in [0.1, 0.15) is 5.01 Å². The van der Waals surface area contributed by atoms with Crippen LogP contribution in [0, 0.1) is 10.1 Å². The van der Waals surface area contributed by atoms with E-state index in [2.05, 4.69) is 11.9 Å². The van der Waals surface area contributed by atoms with Crippen molar-refractivity contribution in [3.63, 3.8) is 0 Å². The van der Waals surface area contributed by atoms with Crippen LogP contribution in [-0.2, 0) is 6.42 Å². The molecule has 0 saturated carbocycles. The lowest BCUT2D eigenvalue weighted by Crippen LogP contribution is -1.87. The first-order valence-corrected chi connectivity index (χ1v) is 5.78. The van der Waals surface area contributed by atoms with E-state index in [0.29, 0.717) is 0 Å². The van der Waals surface area contributed by atoms with Crippen molar-refractivity contribution in [1.29, 1.82) is 0 Å². The zero-order valence-electron chi connectivity index (χ0n) is 8.71. The molecule has 0 N–H and O–H groups in total. The van der Waals surface area contributed by atoms with E-state index in [4.69, 9.17) is 0 Å². The molecule has 0 atom stereocenters. The van der Waals surface area contributed by atoms with Gasteiger partial charge in [-0.3, -0.25) is 10.1 Å². The third kappa shape index (κ3) is 2.09. The lowest BCUT2D eigenvalue weighted by molar-refractivity contribution is -0.384. The first-order valence-electron chi connectivity index (χ1n) is 4.90. The molecule has 16 heavy (non-hydrogen) atoms. The lowest BCUT2D eigenvalue weighted by Gasteiger charge is -1.95. The van der Waals surface area contributed by atoms with Gasteiger partial charge in [0, 0.05) is 23.1 Å². The summed E-state index contributed by atoms with van der Waals surface area (Å²) in [5, 5.41) is 13.4. The highest BCUT2D eigenvalue weighted by Crippen LogP contribution is 2.25. The number of nitro benzene ring substituents is 1. The molecular formula is C11H10N2O2S. The van der Waals surface area contributed by atoms with Crippen molar-refractivity contribution in [1.82, 2.24) is 4.98 Å². The normalized spacial score (nSPS) is 10.3. The lowest BCUT2D eigenvalue weighted by atomic mass is 10.2. The first kappa shape index (κ1) is 10.8. The van der Waals surface area contributed by atoms with Gasteiger partial charge in [0.15, 0.2) is 0 Å². The summed E-state index contributed by atoms with van der Waals surface area (Å²) >= 11 is 1.56. The highest BCUT2D eigenvalue weighted by atomic mass is 32.1. The minimum Gasteiger partial charge on any atom is -0.258 e. The molecule has 0 fully saturated rings. The summed E-state index contributed by atoms with van der Waals surface area (Å²) in [6, 6.07) is 6.47. The molecule has 0 saturated heterocycles. The molecular weight excluding hydrogens is 224 g/mol. The number of aromatic nitrogens is 1. The topological polar surface area (TPSA) is 56.0 Å². The van der Waals surface area contributed by atoms with Gasteiger partial charge in [-0.2, -0.15) is 0 Å². The maximum Gasteiger partial charge on any atom is 0.269 e. The second-order valence-corrected chi connectivity index (χ2v) is 4.16. The van der Waals surface area contributed by atoms with Crippen LogP contribution in [0.4, 0.5) is 5.69 Å². The van der Waals surface area contributed by atoms with Crippen LogP contribution in [0.2, 0.25) is 0 Å². The van der Waals surface area contributed by atoms with E-state index in [1.54, 1.807) is 23.5 Å². The van der Waals surface area contributed by atoms with Gasteiger partial charge in [-0.25, -0.2) is 4.98 Å². The highest BCUT2D eigenvalue weighted by molar-refractivity contribution is 7.13. The molecule has 2 rings (SSSR count). The largest absolute Gasteiger partial charge is 0.269 e. The van der Waals surface area contributed by atoms with E-state index >= 15 is 0 Å². The van der Waals surface area contributed by atoms with Crippen LogP contribution in [0.5, 0.6) is 0 Å². The molecule has 2 aromatic rings. The van der Waals surface area contributed by atoms with Crippen LogP contribution in [0.25, 0.3) is 10.6 Å². The number of nitrogens with zero attached hydrogens (tertiary/aromatic N) is 2. The molecule has 0 radical (unpaired) electrons. The Morgan fingerprint density at radius 2 is 2.06 bits per heavy atom. The zero-order chi connectivity index (χ0) is 11.5. The number of aryl methyl sites for hydroxylation is 1. The summed E-state index contributed by atoms with van der Waals surface area (Å²) in [6.45, 7) is 2.05. The summed E-state index contributed by atoms with van der Waals surface area (Å²) in [5.74, 6) is 0. The summed E-state index contributed by atoms with van der Waals surface area (Å²) in [7, 11) is 0. The molecule has 0 aliphatic rings. The fourth-order valence-corrected chi connectivity index (χ4v) is 2.24.